The zero-order valence-corrected chi connectivity index (χ0v) is 27.2. The van der Waals surface area contributed by atoms with Gasteiger partial charge < -0.3 is 24.8 Å². The molecule has 0 N–H and O–H groups in total. The third-order valence-electron chi connectivity index (χ3n) is 7.32. The third-order valence-corrected chi connectivity index (χ3v) is 10.9. The number of hydrogen-bond acceptors (Lipinski definition) is 1. The molecule has 1 nitrogen and oxygen atoms in total. The van der Waals surface area contributed by atoms with Crippen molar-refractivity contribution in [2.75, 3.05) is 0 Å². The van der Waals surface area contributed by atoms with Gasteiger partial charge in [0, 0.05) is 11.3 Å². The van der Waals surface area contributed by atoms with Crippen molar-refractivity contribution in [1.82, 2.24) is 0 Å². The van der Waals surface area contributed by atoms with Crippen molar-refractivity contribution in [3.05, 3.63) is 99.5 Å². The molecule has 0 fully saturated rings. The Morgan fingerprint density at radius 2 is 1.61 bits per heavy atom. The molecule has 3 aromatic rings. The van der Waals surface area contributed by atoms with Gasteiger partial charge in [0.1, 0.15) is 8.07 Å². The van der Waals surface area contributed by atoms with Gasteiger partial charge in [0.25, 0.3) is 0 Å². The maximum atomic E-state index is 4.67. The fourth-order valence-electron chi connectivity index (χ4n) is 5.48. The molecule has 185 valence electrons. The van der Waals surface area contributed by atoms with Gasteiger partial charge in [-0.2, -0.15) is 6.07 Å². The van der Waals surface area contributed by atoms with Crippen molar-refractivity contribution in [2.24, 2.45) is 4.99 Å². The van der Waals surface area contributed by atoms with Crippen LogP contribution in [0.2, 0.25) is 13.1 Å². The van der Waals surface area contributed by atoms with Crippen molar-refractivity contribution < 1.29 is 51.0 Å². The Labute approximate surface area is 249 Å². The van der Waals surface area contributed by atoms with Crippen molar-refractivity contribution in [3.63, 3.8) is 0 Å². The maximum Gasteiger partial charge on any atom is 3.00 e. The molecular formula is C31H34Cl2NSiZr. The Morgan fingerprint density at radius 3 is 2.22 bits per heavy atom. The van der Waals surface area contributed by atoms with Crippen LogP contribution in [-0.2, 0) is 31.6 Å². The first-order chi connectivity index (χ1) is 15.6. The minimum atomic E-state index is -1.19. The summed E-state index contributed by atoms with van der Waals surface area (Å²) >= 11 is 0. The first-order valence-corrected chi connectivity index (χ1v) is 15.1. The van der Waals surface area contributed by atoms with E-state index in [9.17, 15) is 0 Å². The van der Waals surface area contributed by atoms with E-state index in [0.29, 0.717) is 0 Å². The Bertz CT molecular complexity index is 1400. The second-order valence-electron chi connectivity index (χ2n) is 11.1. The first-order valence-electron chi connectivity index (χ1n) is 12.1. The molecule has 0 spiro atoms. The van der Waals surface area contributed by atoms with E-state index in [1.54, 1.807) is 10.4 Å². The van der Waals surface area contributed by atoms with Crippen LogP contribution in [0.15, 0.2) is 93.4 Å². The van der Waals surface area contributed by atoms with E-state index in [1.165, 1.54) is 50.0 Å². The molecule has 6 rings (SSSR count). The second-order valence-corrected chi connectivity index (χ2v) is 15.4. The van der Waals surface area contributed by atoms with Crippen LogP contribution in [0.3, 0.4) is 0 Å². The maximum absolute atomic E-state index is 4.67. The van der Waals surface area contributed by atoms with Gasteiger partial charge in [0.2, 0.25) is 0 Å². The molecule has 3 aromatic carbocycles. The van der Waals surface area contributed by atoms with E-state index in [0.717, 1.165) is 6.42 Å². The SMILES string of the molecule is CCC1=NC2=CC=C3C2=C1[Si]3(C)C.Cc1cc2c(-c3ccc(C(C)(C)C)cc3)cccc2[cH-]1.[Cl-].[Cl-].[Zr+3]. The number of fused-ring (bicyclic) bond motifs is 1. The Morgan fingerprint density at radius 1 is 0.944 bits per heavy atom. The van der Waals surface area contributed by atoms with Crippen LogP contribution in [-0.4, -0.2) is 13.8 Å². The summed E-state index contributed by atoms with van der Waals surface area (Å²) in [5.41, 5.74) is 9.68. The van der Waals surface area contributed by atoms with Gasteiger partial charge in [0.15, 0.2) is 0 Å². The molecule has 3 aliphatic rings. The normalized spacial score (nSPS) is 16.2. The number of aliphatic imine (C=N–C) groups is 1. The predicted molar refractivity (Wildman–Crippen MR) is 147 cm³/mol. The first kappa shape index (κ1) is 30.8. The average molecular weight is 611 g/mol. The van der Waals surface area contributed by atoms with E-state index in [-0.39, 0.29) is 56.4 Å². The number of rotatable bonds is 2. The summed E-state index contributed by atoms with van der Waals surface area (Å²) in [6.45, 7) is 16.0. The van der Waals surface area contributed by atoms with Gasteiger partial charge in [-0.1, -0.05) is 89.7 Å². The molecule has 0 saturated carbocycles. The monoisotopic (exact) mass is 608 g/mol. The van der Waals surface area contributed by atoms with Crippen molar-refractivity contribution in [3.8, 4) is 11.1 Å². The van der Waals surface area contributed by atoms with Gasteiger partial charge in [-0.05, 0) is 39.4 Å². The molecule has 0 atom stereocenters. The van der Waals surface area contributed by atoms with Crippen molar-refractivity contribution >= 4 is 24.6 Å². The molecule has 5 heteroatoms. The minimum Gasteiger partial charge on any atom is -1.00 e. The molecule has 36 heavy (non-hydrogen) atoms. The van der Waals surface area contributed by atoms with Gasteiger partial charge in [-0.25, -0.2) is 0 Å². The fourth-order valence-corrected chi connectivity index (χ4v) is 8.78. The summed E-state index contributed by atoms with van der Waals surface area (Å²) in [7, 11) is -1.19. The summed E-state index contributed by atoms with van der Waals surface area (Å²) in [6.07, 6.45) is 5.57. The minimum absolute atomic E-state index is 0. The molecule has 0 aromatic heterocycles. The van der Waals surface area contributed by atoms with Gasteiger partial charge in [0.05, 0.1) is 5.70 Å². The van der Waals surface area contributed by atoms with Crippen molar-refractivity contribution in [2.45, 2.75) is 59.5 Å². The van der Waals surface area contributed by atoms with E-state index in [1.807, 2.05) is 0 Å². The van der Waals surface area contributed by atoms with E-state index in [2.05, 4.69) is 119 Å². The zero-order valence-electron chi connectivity index (χ0n) is 22.3. The Kier molecular flexibility index (Phi) is 9.56. The quantitative estimate of drug-likeness (QED) is 0.313. The average Bonchev–Trinajstić information content (AvgIpc) is 3.42. The molecule has 1 radical (unpaired) electrons. The molecule has 2 aliphatic heterocycles. The molecule has 0 amide bonds. The Hall–Kier alpha value is -1.38. The van der Waals surface area contributed by atoms with Crippen LogP contribution >= 0.6 is 0 Å². The van der Waals surface area contributed by atoms with Crippen LogP contribution in [0.25, 0.3) is 21.9 Å². The number of hydrogen-bond donors (Lipinski definition) is 0. The summed E-state index contributed by atoms with van der Waals surface area (Å²) in [5.74, 6) is 0. The van der Waals surface area contributed by atoms with Crippen LogP contribution in [0.5, 0.6) is 0 Å². The van der Waals surface area contributed by atoms with Gasteiger partial charge in [-0.15, -0.1) is 34.5 Å². The van der Waals surface area contributed by atoms with E-state index < -0.39 is 8.07 Å². The number of nitrogens with zero attached hydrogens (tertiary/aromatic N) is 1. The van der Waals surface area contributed by atoms with Crippen LogP contribution in [0, 0.1) is 6.92 Å². The molecule has 1 aliphatic carbocycles. The fraction of sp³-hybridized carbons (Fsp3) is 0.290. The number of benzene rings is 2. The van der Waals surface area contributed by atoms with E-state index in [4.69, 9.17) is 0 Å². The molecular weight excluding hydrogens is 577 g/mol. The number of halogens is 2. The van der Waals surface area contributed by atoms with Crippen molar-refractivity contribution in [1.29, 1.82) is 0 Å². The summed E-state index contributed by atoms with van der Waals surface area (Å²) in [6, 6.07) is 20.1. The zero-order chi connectivity index (χ0) is 23.5. The number of aryl methyl sites for hydroxylation is 1. The second kappa shape index (κ2) is 11.2. The largest absolute Gasteiger partial charge is 3.00 e. The van der Waals surface area contributed by atoms with Crippen LogP contribution in [0.1, 0.15) is 45.2 Å². The topological polar surface area (TPSA) is 12.4 Å². The summed E-state index contributed by atoms with van der Waals surface area (Å²) in [5, 5.41) is 5.96. The van der Waals surface area contributed by atoms with Gasteiger partial charge >= 0.3 is 26.2 Å². The molecule has 2 heterocycles. The molecule has 0 bridgehead atoms. The predicted octanol–water partition coefficient (Wildman–Crippen LogP) is 2.61. The standard InChI is InChI=1S/C20H21.C11H13NSi.2ClH.Zr/c1-14-12-16-6-5-7-18(19(16)13-14)15-8-10-17(11-9-15)20(2,3)4;1-4-7-11-10-8(12-7)5-6-9(10)13(11,2)3;;;/h5-13H,1-4H3;5-6H,4H2,1-3H3;2*1H;/q-1;;;;+3/p-2. The van der Waals surface area contributed by atoms with E-state index >= 15 is 0 Å². The smallest absolute Gasteiger partial charge is 1.00 e. The molecule has 0 saturated heterocycles. The molecule has 0 unspecified atom stereocenters. The Balaban J connectivity index is 0.000000250. The summed E-state index contributed by atoms with van der Waals surface area (Å²) in [4.78, 5) is 4.67. The van der Waals surface area contributed by atoms with Crippen LogP contribution in [0.4, 0.5) is 0 Å². The van der Waals surface area contributed by atoms with Gasteiger partial charge in [-0.3, -0.25) is 4.99 Å². The number of allylic oxidation sites excluding steroid dienone is 4. The van der Waals surface area contributed by atoms with Crippen LogP contribution < -0.4 is 24.8 Å². The summed E-state index contributed by atoms with van der Waals surface area (Å²) < 4.78 is 0. The third kappa shape index (κ3) is 5.14.